The van der Waals surface area contributed by atoms with E-state index in [2.05, 4.69) is 16.9 Å². The van der Waals surface area contributed by atoms with Gasteiger partial charge in [-0.25, -0.2) is 13.8 Å². The maximum atomic E-state index is 13.4. The number of imidazole rings is 1. The monoisotopic (exact) mass is 522 g/mol. The van der Waals surface area contributed by atoms with Crippen LogP contribution in [0.2, 0.25) is 0 Å². The highest BCUT2D eigenvalue weighted by Crippen LogP contribution is 2.34. The summed E-state index contributed by atoms with van der Waals surface area (Å²) in [5, 5.41) is 2.99. The number of benzene rings is 1. The number of anilines is 1. The van der Waals surface area contributed by atoms with Crippen molar-refractivity contribution >= 4 is 28.8 Å². The Bertz CT molecular complexity index is 1390. The lowest BCUT2D eigenvalue weighted by molar-refractivity contribution is -0.133. The van der Waals surface area contributed by atoms with E-state index in [9.17, 15) is 18.4 Å². The van der Waals surface area contributed by atoms with Gasteiger partial charge in [-0.15, -0.1) is 0 Å². The molecule has 1 atom stereocenters. The van der Waals surface area contributed by atoms with E-state index >= 15 is 0 Å². The Hall–Kier alpha value is -3.66. The molecule has 200 valence electrons. The SMILES string of the molecule is C=CC(=O)N1CCCCC(n2c(NC(=O)c3ccnc(C)c3)nc3cc(CN4CC(F)(F)C4)cc(C)c32)C1. The number of fused-ring (bicyclic) bond motifs is 1. The number of aryl methyl sites for hydroxylation is 2. The highest BCUT2D eigenvalue weighted by Gasteiger charge is 2.43. The molecule has 2 fully saturated rings. The third kappa shape index (κ3) is 5.31. The number of hydrogen-bond acceptors (Lipinski definition) is 5. The minimum atomic E-state index is -2.63. The van der Waals surface area contributed by atoms with E-state index in [0.29, 0.717) is 36.7 Å². The van der Waals surface area contributed by atoms with Gasteiger partial charge in [0.2, 0.25) is 11.9 Å². The topological polar surface area (TPSA) is 83.4 Å². The Morgan fingerprint density at radius 2 is 2.00 bits per heavy atom. The molecule has 0 saturated carbocycles. The molecule has 2 aliphatic rings. The van der Waals surface area contributed by atoms with E-state index in [0.717, 1.165) is 41.6 Å². The molecule has 2 aliphatic heterocycles. The van der Waals surface area contributed by atoms with E-state index in [-0.39, 0.29) is 30.9 Å². The first-order valence-corrected chi connectivity index (χ1v) is 12.9. The molecule has 2 saturated heterocycles. The van der Waals surface area contributed by atoms with E-state index in [1.54, 1.807) is 28.1 Å². The lowest BCUT2D eigenvalue weighted by Crippen LogP contribution is -2.55. The molecule has 1 N–H and O–H groups in total. The summed E-state index contributed by atoms with van der Waals surface area (Å²) in [6.45, 7) is 8.46. The fourth-order valence-corrected chi connectivity index (χ4v) is 5.54. The number of pyridine rings is 1. The number of nitrogens with one attached hydrogen (secondary N) is 1. The van der Waals surface area contributed by atoms with Crippen molar-refractivity contribution in [2.75, 3.05) is 31.5 Å². The molecule has 5 rings (SSSR count). The van der Waals surface area contributed by atoms with Crippen molar-refractivity contribution in [3.05, 3.63) is 65.5 Å². The van der Waals surface area contributed by atoms with Gasteiger partial charge >= 0.3 is 0 Å². The summed E-state index contributed by atoms with van der Waals surface area (Å²) in [5.74, 6) is -2.66. The van der Waals surface area contributed by atoms with Gasteiger partial charge in [0.15, 0.2) is 0 Å². The first-order valence-electron chi connectivity index (χ1n) is 12.9. The van der Waals surface area contributed by atoms with Gasteiger partial charge < -0.3 is 9.47 Å². The average molecular weight is 523 g/mol. The zero-order valence-corrected chi connectivity index (χ0v) is 21.7. The van der Waals surface area contributed by atoms with Crippen LogP contribution in [-0.4, -0.2) is 68.3 Å². The minimum absolute atomic E-state index is 0.112. The van der Waals surface area contributed by atoms with E-state index in [1.165, 1.54) is 6.08 Å². The summed E-state index contributed by atoms with van der Waals surface area (Å²) in [5.41, 5.74) is 4.56. The van der Waals surface area contributed by atoms with Crippen molar-refractivity contribution in [3.8, 4) is 0 Å². The highest BCUT2D eigenvalue weighted by atomic mass is 19.3. The lowest BCUT2D eigenvalue weighted by atomic mass is 10.0. The minimum Gasteiger partial charge on any atom is -0.337 e. The Morgan fingerprint density at radius 1 is 1.21 bits per heavy atom. The summed E-state index contributed by atoms with van der Waals surface area (Å²) in [7, 11) is 0. The summed E-state index contributed by atoms with van der Waals surface area (Å²) >= 11 is 0. The van der Waals surface area contributed by atoms with Gasteiger partial charge in [0.05, 0.1) is 30.2 Å². The quantitative estimate of drug-likeness (QED) is 0.483. The van der Waals surface area contributed by atoms with E-state index in [1.807, 2.05) is 30.5 Å². The van der Waals surface area contributed by atoms with E-state index < -0.39 is 5.92 Å². The zero-order chi connectivity index (χ0) is 27.0. The van der Waals surface area contributed by atoms with Gasteiger partial charge in [0.25, 0.3) is 11.8 Å². The lowest BCUT2D eigenvalue weighted by Gasteiger charge is -2.38. The predicted octanol–water partition coefficient (Wildman–Crippen LogP) is 4.49. The van der Waals surface area contributed by atoms with Crippen LogP contribution in [0.4, 0.5) is 14.7 Å². The molecular formula is C28H32F2N6O2. The Balaban J connectivity index is 1.54. The highest BCUT2D eigenvalue weighted by molar-refractivity contribution is 6.04. The number of alkyl halides is 2. The van der Waals surface area contributed by atoms with Gasteiger partial charge in [-0.3, -0.25) is 24.8 Å². The first-order chi connectivity index (χ1) is 18.1. The third-order valence-corrected chi connectivity index (χ3v) is 7.23. The summed E-state index contributed by atoms with van der Waals surface area (Å²) in [6, 6.07) is 7.16. The number of nitrogens with zero attached hydrogens (tertiary/aromatic N) is 5. The maximum absolute atomic E-state index is 13.4. The molecule has 4 heterocycles. The van der Waals surface area contributed by atoms with Gasteiger partial charge in [0.1, 0.15) is 0 Å². The van der Waals surface area contributed by atoms with Crippen molar-refractivity contribution in [3.63, 3.8) is 0 Å². The van der Waals surface area contributed by atoms with Crippen LogP contribution in [0.3, 0.4) is 0 Å². The smallest absolute Gasteiger partial charge is 0.272 e. The third-order valence-electron chi connectivity index (χ3n) is 7.23. The van der Waals surface area contributed by atoms with Gasteiger partial charge in [-0.05, 0) is 68.5 Å². The van der Waals surface area contributed by atoms with Crippen LogP contribution in [-0.2, 0) is 11.3 Å². The fourth-order valence-electron chi connectivity index (χ4n) is 5.54. The van der Waals surface area contributed by atoms with Crippen molar-refractivity contribution in [2.45, 2.75) is 51.6 Å². The molecule has 38 heavy (non-hydrogen) atoms. The van der Waals surface area contributed by atoms with Crippen LogP contribution in [0.25, 0.3) is 11.0 Å². The van der Waals surface area contributed by atoms with Crippen molar-refractivity contribution in [2.24, 2.45) is 0 Å². The van der Waals surface area contributed by atoms with Crippen molar-refractivity contribution in [1.82, 2.24) is 24.3 Å². The molecule has 0 bridgehead atoms. The van der Waals surface area contributed by atoms with E-state index in [4.69, 9.17) is 4.98 Å². The molecule has 0 radical (unpaired) electrons. The molecular weight excluding hydrogens is 490 g/mol. The van der Waals surface area contributed by atoms with Gasteiger partial charge in [-0.1, -0.05) is 12.6 Å². The molecule has 10 heteroatoms. The van der Waals surface area contributed by atoms with Gasteiger partial charge in [0, 0.05) is 37.1 Å². The van der Waals surface area contributed by atoms with Gasteiger partial charge in [-0.2, -0.15) is 0 Å². The first kappa shape index (κ1) is 26.0. The molecule has 1 unspecified atom stereocenters. The second-order valence-electron chi connectivity index (χ2n) is 10.4. The second-order valence-corrected chi connectivity index (χ2v) is 10.4. The molecule has 3 aromatic rings. The largest absolute Gasteiger partial charge is 0.337 e. The van der Waals surface area contributed by atoms with Crippen LogP contribution in [0.1, 0.15) is 52.5 Å². The molecule has 2 aromatic heterocycles. The van der Waals surface area contributed by atoms with Crippen LogP contribution in [0.5, 0.6) is 0 Å². The normalized spacial score (nSPS) is 19.6. The maximum Gasteiger partial charge on any atom is 0.272 e. The van der Waals surface area contributed by atoms with Crippen LogP contribution in [0, 0.1) is 13.8 Å². The zero-order valence-electron chi connectivity index (χ0n) is 21.7. The van der Waals surface area contributed by atoms with Crippen molar-refractivity contribution in [1.29, 1.82) is 0 Å². The number of amides is 2. The van der Waals surface area contributed by atoms with Crippen LogP contribution in [0.15, 0.2) is 43.1 Å². The molecule has 2 amide bonds. The standard InChI is InChI=1S/C28H32F2N6O2/c1-4-24(37)35-10-6-5-7-22(15-35)36-25-18(2)11-20(14-34-16-28(29,30)17-34)13-23(25)32-27(36)33-26(38)21-8-9-31-19(3)12-21/h4,8-9,11-13,22H,1,5-7,10,14-17H2,2-3H3,(H,32,33,38). The predicted molar refractivity (Wildman–Crippen MR) is 141 cm³/mol. The Morgan fingerprint density at radius 3 is 2.71 bits per heavy atom. The van der Waals surface area contributed by atoms with Crippen molar-refractivity contribution < 1.29 is 18.4 Å². The molecule has 0 spiro atoms. The number of hydrogen-bond donors (Lipinski definition) is 1. The average Bonchev–Trinajstić information content (AvgIpc) is 3.03. The number of carbonyl (C=O) groups is 2. The fraction of sp³-hybridized carbons (Fsp3) is 0.429. The number of aromatic nitrogens is 3. The summed E-state index contributed by atoms with van der Waals surface area (Å²) in [6.07, 6.45) is 5.53. The molecule has 8 nitrogen and oxygen atoms in total. The second kappa shape index (κ2) is 10.2. The van der Waals surface area contributed by atoms with Crippen LogP contribution >= 0.6 is 0 Å². The molecule has 1 aromatic carbocycles. The van der Waals surface area contributed by atoms with Crippen LogP contribution < -0.4 is 5.32 Å². The number of rotatable bonds is 6. The summed E-state index contributed by atoms with van der Waals surface area (Å²) < 4.78 is 28.8. The Kier molecular flexibility index (Phi) is 7.00. The number of carbonyl (C=O) groups excluding carboxylic acids is 2. The number of likely N-dealkylation sites (tertiary alicyclic amines) is 2. The molecule has 0 aliphatic carbocycles. The Labute approximate surface area is 220 Å². The summed E-state index contributed by atoms with van der Waals surface area (Å²) in [4.78, 5) is 38.2. The number of halogens is 2.